The standard InChI is InChI=1S/C30H34F3N5O3S/c1-34-20-25-24(30(31,32)33)18-22(19-35-25)37-26(39)29(9-2-10-29)38(27(37)42)21-4-6-23(7-5-21)40-17-15-36-13-11-28(12-14-36)8-3-16-41-28/h4-7,18-20H,2-3,8-17H2,1H3/b34-20-. The Balaban J connectivity index is 1.15. The maximum absolute atomic E-state index is 13.8. The van der Waals surface area contributed by atoms with Gasteiger partial charge in [-0.15, -0.1) is 0 Å². The Morgan fingerprint density at radius 3 is 2.43 bits per heavy atom. The number of thiocarbonyl (C=S) groups is 1. The maximum Gasteiger partial charge on any atom is 0.418 e. The summed E-state index contributed by atoms with van der Waals surface area (Å²) in [7, 11) is 1.37. The van der Waals surface area contributed by atoms with Crippen molar-refractivity contribution in [2.45, 2.75) is 62.3 Å². The van der Waals surface area contributed by atoms with Crippen LogP contribution in [0.1, 0.15) is 56.2 Å². The predicted octanol–water partition coefficient (Wildman–Crippen LogP) is 5.23. The zero-order valence-electron chi connectivity index (χ0n) is 23.5. The summed E-state index contributed by atoms with van der Waals surface area (Å²) < 4.78 is 53.5. The molecule has 1 amide bonds. The average Bonchev–Trinajstić information content (AvgIpc) is 3.49. The minimum Gasteiger partial charge on any atom is -0.492 e. The summed E-state index contributed by atoms with van der Waals surface area (Å²) in [6.07, 6.45) is 4.02. The molecule has 4 aliphatic rings. The zero-order valence-corrected chi connectivity index (χ0v) is 24.3. The van der Waals surface area contributed by atoms with Crippen LogP contribution >= 0.6 is 12.2 Å². The van der Waals surface area contributed by atoms with Crippen LogP contribution in [-0.2, 0) is 15.7 Å². The van der Waals surface area contributed by atoms with Crippen molar-refractivity contribution in [3.63, 3.8) is 0 Å². The Morgan fingerprint density at radius 2 is 1.83 bits per heavy atom. The third kappa shape index (κ3) is 5.17. The van der Waals surface area contributed by atoms with Crippen LogP contribution in [0.4, 0.5) is 24.5 Å². The van der Waals surface area contributed by atoms with Crippen molar-refractivity contribution < 1.29 is 27.4 Å². The number of pyridine rings is 1. The van der Waals surface area contributed by atoms with E-state index in [1.807, 2.05) is 24.3 Å². The van der Waals surface area contributed by atoms with E-state index in [1.54, 1.807) is 4.90 Å². The first kappa shape index (κ1) is 29.0. The smallest absolute Gasteiger partial charge is 0.418 e. The number of alkyl halides is 3. The van der Waals surface area contributed by atoms with Gasteiger partial charge in [-0.05, 0) is 87.5 Å². The molecule has 4 fully saturated rings. The van der Waals surface area contributed by atoms with Gasteiger partial charge in [0, 0.05) is 45.2 Å². The lowest BCUT2D eigenvalue weighted by Crippen LogP contribution is -2.55. The van der Waals surface area contributed by atoms with Crippen LogP contribution in [0.15, 0.2) is 41.5 Å². The van der Waals surface area contributed by atoms with Gasteiger partial charge >= 0.3 is 6.18 Å². The largest absolute Gasteiger partial charge is 0.492 e. The molecule has 8 nitrogen and oxygen atoms in total. The molecule has 3 aliphatic heterocycles. The van der Waals surface area contributed by atoms with E-state index in [4.69, 9.17) is 21.7 Å². The van der Waals surface area contributed by atoms with Crippen LogP contribution in [0.3, 0.4) is 0 Å². The van der Waals surface area contributed by atoms with E-state index in [0.29, 0.717) is 30.9 Å². The number of carbonyl (C=O) groups is 1. The number of hydrogen-bond donors (Lipinski definition) is 0. The summed E-state index contributed by atoms with van der Waals surface area (Å²) in [5.41, 5.74) is -1.43. The van der Waals surface area contributed by atoms with Crippen molar-refractivity contribution in [2.75, 3.05) is 49.7 Å². The Bertz CT molecular complexity index is 1360. The van der Waals surface area contributed by atoms with Gasteiger partial charge in [-0.2, -0.15) is 13.2 Å². The molecular weight excluding hydrogens is 567 g/mol. The maximum atomic E-state index is 13.8. The summed E-state index contributed by atoms with van der Waals surface area (Å²) in [6, 6.07) is 8.31. The lowest BCUT2D eigenvalue weighted by atomic mass is 9.75. The second-order valence-electron chi connectivity index (χ2n) is 11.5. The summed E-state index contributed by atoms with van der Waals surface area (Å²) in [5.74, 6) is 0.367. The Kier molecular flexibility index (Phi) is 7.73. The van der Waals surface area contributed by atoms with Crippen molar-refractivity contribution in [3.8, 4) is 5.75 Å². The number of aliphatic imine (C=N–C) groups is 1. The van der Waals surface area contributed by atoms with Gasteiger partial charge < -0.3 is 14.4 Å². The Hall–Kier alpha value is -3.09. The number of amides is 1. The van der Waals surface area contributed by atoms with Crippen molar-refractivity contribution >= 4 is 40.8 Å². The monoisotopic (exact) mass is 601 g/mol. The van der Waals surface area contributed by atoms with Gasteiger partial charge in [0.25, 0.3) is 5.91 Å². The first-order valence-electron chi connectivity index (χ1n) is 14.4. The van der Waals surface area contributed by atoms with Gasteiger partial charge in [-0.1, -0.05) is 0 Å². The van der Waals surface area contributed by atoms with Crippen LogP contribution < -0.4 is 14.5 Å². The van der Waals surface area contributed by atoms with Crippen molar-refractivity contribution in [1.29, 1.82) is 0 Å². The minimum absolute atomic E-state index is 0.0116. The first-order valence-corrected chi connectivity index (χ1v) is 14.8. The highest BCUT2D eigenvalue weighted by molar-refractivity contribution is 7.81. The van der Waals surface area contributed by atoms with E-state index in [2.05, 4.69) is 14.9 Å². The molecule has 1 aliphatic carbocycles. The van der Waals surface area contributed by atoms with Crippen molar-refractivity contribution in [3.05, 3.63) is 47.8 Å². The third-order valence-corrected chi connectivity index (χ3v) is 9.40. The number of ether oxygens (including phenoxy) is 2. The number of likely N-dealkylation sites (tertiary alicyclic amines) is 1. The fourth-order valence-corrected chi connectivity index (χ4v) is 7.03. The SMILES string of the molecule is C/N=C\c1ncc(N2C(=O)C3(CCC3)N(c3ccc(OCCN4CCC5(CCCO5)CC4)cc3)C2=S)cc1C(F)(F)F. The number of rotatable bonds is 7. The molecule has 0 bridgehead atoms. The number of hydrogen-bond acceptors (Lipinski definition) is 7. The second-order valence-corrected chi connectivity index (χ2v) is 11.8. The van der Waals surface area contributed by atoms with E-state index in [-0.39, 0.29) is 28.0 Å². The number of piperidine rings is 1. The molecule has 1 saturated carbocycles. The number of anilines is 2. The zero-order chi connectivity index (χ0) is 29.5. The quantitative estimate of drug-likeness (QED) is 0.318. The van der Waals surface area contributed by atoms with Crippen LogP contribution in [-0.4, -0.2) is 78.2 Å². The predicted molar refractivity (Wildman–Crippen MR) is 157 cm³/mol. The molecule has 0 atom stereocenters. The molecule has 0 radical (unpaired) electrons. The van der Waals surface area contributed by atoms with Gasteiger partial charge in [-0.25, -0.2) is 0 Å². The van der Waals surface area contributed by atoms with E-state index in [1.165, 1.54) is 24.6 Å². The molecule has 4 heterocycles. The fraction of sp³-hybridized carbons (Fsp3) is 0.533. The van der Waals surface area contributed by atoms with Crippen LogP contribution in [0.2, 0.25) is 0 Å². The van der Waals surface area contributed by atoms with Crippen LogP contribution in [0.5, 0.6) is 5.75 Å². The first-order chi connectivity index (χ1) is 20.2. The molecule has 12 heteroatoms. The van der Waals surface area contributed by atoms with Gasteiger partial charge in [-0.3, -0.25) is 24.6 Å². The molecule has 2 spiro atoms. The number of carbonyl (C=O) groups excluding carboxylic acids is 1. The molecule has 42 heavy (non-hydrogen) atoms. The van der Waals surface area contributed by atoms with E-state index in [0.717, 1.165) is 64.2 Å². The average molecular weight is 602 g/mol. The van der Waals surface area contributed by atoms with E-state index in [9.17, 15) is 18.0 Å². The molecule has 0 N–H and O–H groups in total. The number of benzene rings is 1. The Morgan fingerprint density at radius 1 is 1.10 bits per heavy atom. The fourth-order valence-electron chi connectivity index (χ4n) is 6.56. The normalized spacial score (nSPS) is 22.1. The highest BCUT2D eigenvalue weighted by atomic mass is 32.1. The topological polar surface area (TPSA) is 70.5 Å². The molecule has 3 saturated heterocycles. The van der Waals surface area contributed by atoms with Crippen LogP contribution in [0, 0.1) is 0 Å². The summed E-state index contributed by atoms with van der Waals surface area (Å²) >= 11 is 5.74. The van der Waals surface area contributed by atoms with Gasteiger partial charge in [0.05, 0.1) is 28.7 Å². The van der Waals surface area contributed by atoms with Crippen molar-refractivity contribution in [1.82, 2.24) is 9.88 Å². The lowest BCUT2D eigenvalue weighted by molar-refractivity contribution is -0.138. The van der Waals surface area contributed by atoms with E-state index < -0.39 is 17.3 Å². The molecule has 224 valence electrons. The van der Waals surface area contributed by atoms with Gasteiger partial charge in [0.2, 0.25) is 0 Å². The number of nitrogens with zero attached hydrogens (tertiary/aromatic N) is 5. The lowest BCUT2D eigenvalue weighted by Gasteiger charge is -2.43. The molecule has 2 aromatic rings. The number of aromatic nitrogens is 1. The van der Waals surface area contributed by atoms with Crippen molar-refractivity contribution in [2.24, 2.45) is 4.99 Å². The molecule has 0 unspecified atom stereocenters. The summed E-state index contributed by atoms with van der Waals surface area (Å²) in [6.45, 7) is 4.29. The second kappa shape index (κ2) is 11.2. The molecule has 1 aromatic heterocycles. The Labute approximate surface area is 248 Å². The summed E-state index contributed by atoms with van der Waals surface area (Å²) in [4.78, 5) is 26.8. The molecule has 1 aromatic carbocycles. The third-order valence-electron chi connectivity index (χ3n) is 9.04. The number of halogens is 3. The van der Waals surface area contributed by atoms with Gasteiger partial charge in [0.1, 0.15) is 17.9 Å². The molecular formula is C30H34F3N5O3S. The highest BCUT2D eigenvalue weighted by Crippen LogP contribution is 2.48. The minimum atomic E-state index is -4.67. The van der Waals surface area contributed by atoms with E-state index >= 15 is 0 Å². The van der Waals surface area contributed by atoms with Gasteiger partial charge in [0.15, 0.2) is 5.11 Å². The highest BCUT2D eigenvalue weighted by Gasteiger charge is 2.59. The van der Waals surface area contributed by atoms with Crippen LogP contribution in [0.25, 0.3) is 0 Å². The summed E-state index contributed by atoms with van der Waals surface area (Å²) in [5, 5.41) is 0.134. The molecule has 6 rings (SSSR count).